The van der Waals surface area contributed by atoms with Crippen LogP contribution in [-0.2, 0) is 16.0 Å². The number of hydrogen-bond acceptors (Lipinski definition) is 9. The van der Waals surface area contributed by atoms with Crippen molar-refractivity contribution in [2.75, 3.05) is 55.4 Å². The lowest BCUT2D eigenvalue weighted by molar-refractivity contribution is -0.115. The number of amides is 3. The lowest BCUT2D eigenvalue weighted by Crippen LogP contribution is -2.38. The minimum absolute atomic E-state index is 0.143. The molecule has 0 radical (unpaired) electrons. The molecule has 0 spiro atoms. The number of aryl methyl sites for hydroxylation is 1. The van der Waals surface area contributed by atoms with E-state index < -0.39 is 6.03 Å². The van der Waals surface area contributed by atoms with Crippen LogP contribution in [0.15, 0.2) is 83.5 Å². The third-order valence-corrected chi connectivity index (χ3v) is 8.77. The van der Waals surface area contributed by atoms with E-state index in [1.165, 1.54) is 0 Å². The van der Waals surface area contributed by atoms with Gasteiger partial charge >= 0.3 is 6.03 Å². The molecule has 4 heterocycles. The van der Waals surface area contributed by atoms with E-state index >= 15 is 0 Å². The van der Waals surface area contributed by atoms with Crippen molar-refractivity contribution >= 4 is 55.6 Å². The summed E-state index contributed by atoms with van der Waals surface area (Å²) in [5, 5.41) is 12.0. The van der Waals surface area contributed by atoms with E-state index in [1.807, 2.05) is 36.5 Å². The average Bonchev–Trinajstić information content (AvgIpc) is 3.77. The Balaban J connectivity index is 0.915. The number of aromatic nitrogens is 3. The highest BCUT2D eigenvalue weighted by molar-refractivity contribution is 7.23. The molecule has 0 atom stereocenters. The Morgan fingerprint density at radius 2 is 1.70 bits per heavy atom. The van der Waals surface area contributed by atoms with Gasteiger partial charge in [-0.3, -0.25) is 19.4 Å². The first-order chi connectivity index (χ1) is 22.9. The van der Waals surface area contributed by atoms with E-state index in [0.717, 1.165) is 70.6 Å². The second kappa shape index (κ2) is 13.6. The zero-order valence-corrected chi connectivity index (χ0v) is 26.5. The topological polar surface area (TPSA) is 135 Å². The predicted octanol–water partition coefficient (Wildman–Crippen LogP) is 6.05. The Bertz CT molecular complexity index is 2010. The fraction of sp³-hybridized carbons (Fsp3) is 0.235. The van der Waals surface area contributed by atoms with Gasteiger partial charge in [-0.1, -0.05) is 40.8 Å². The van der Waals surface area contributed by atoms with Crippen molar-refractivity contribution in [3.63, 3.8) is 0 Å². The average molecular weight is 652 g/mol. The van der Waals surface area contributed by atoms with Gasteiger partial charge in [0.15, 0.2) is 10.8 Å². The van der Waals surface area contributed by atoms with Crippen molar-refractivity contribution in [1.29, 1.82) is 0 Å². The Labute approximate surface area is 274 Å². The molecule has 0 unspecified atom stereocenters. The highest BCUT2D eigenvalue weighted by Crippen LogP contribution is 2.32. The molecule has 1 fully saturated rings. The van der Waals surface area contributed by atoms with E-state index in [0.29, 0.717) is 29.6 Å². The van der Waals surface area contributed by atoms with Gasteiger partial charge in [0.25, 0.3) is 0 Å². The van der Waals surface area contributed by atoms with Gasteiger partial charge in [-0.15, -0.1) is 0 Å². The highest BCUT2D eigenvalue weighted by Gasteiger charge is 2.14. The SMILES string of the molecule is Cc1cc(NC(=O)Nc2ccc(CC(=O)Nc3ccc(-c4cn5c(n4)sc4cc(OCCN6CCOCC6)ccc45)cc3)cc2)no1. The molecule has 7 rings (SSSR count). The number of urea groups is 1. The lowest BCUT2D eigenvalue weighted by atomic mass is 10.1. The van der Waals surface area contributed by atoms with Gasteiger partial charge in [0.05, 0.1) is 35.5 Å². The summed E-state index contributed by atoms with van der Waals surface area (Å²) in [5.41, 5.74) is 5.00. The standard InChI is InChI=1S/C34H33N7O5S/c1-22-18-31(39-46-22)38-33(43)36-26-6-2-23(3-7-26)19-32(42)35-25-8-4-24(5-9-25)28-21-41-29-11-10-27(20-30(29)47-34(41)37-28)45-17-14-40-12-15-44-16-13-40/h2-11,18,20-21H,12-17,19H2,1H3,(H,35,42)(H2,36,38,39,43). The van der Waals surface area contributed by atoms with Gasteiger partial charge in [-0.05, 0) is 55.0 Å². The number of imidazole rings is 1. The Kier molecular flexibility index (Phi) is 8.82. The van der Waals surface area contributed by atoms with Gasteiger partial charge in [0.1, 0.15) is 18.1 Å². The molecule has 47 heavy (non-hydrogen) atoms. The number of thiazole rings is 1. The molecular weight excluding hydrogens is 618 g/mol. The smallest absolute Gasteiger partial charge is 0.324 e. The van der Waals surface area contributed by atoms with Gasteiger partial charge in [-0.25, -0.2) is 9.78 Å². The zero-order valence-electron chi connectivity index (χ0n) is 25.7. The summed E-state index contributed by atoms with van der Waals surface area (Å²) in [4.78, 5) is 33.0. The quantitative estimate of drug-likeness (QED) is 0.163. The fourth-order valence-corrected chi connectivity index (χ4v) is 6.39. The van der Waals surface area contributed by atoms with Crippen LogP contribution >= 0.6 is 11.3 Å². The molecule has 1 aliphatic heterocycles. The molecule has 3 aromatic carbocycles. The maximum atomic E-state index is 12.7. The number of carbonyl (C=O) groups is 2. The van der Waals surface area contributed by atoms with Crippen LogP contribution in [-0.4, -0.2) is 70.8 Å². The molecule has 240 valence electrons. The summed E-state index contributed by atoms with van der Waals surface area (Å²) < 4.78 is 19.6. The van der Waals surface area contributed by atoms with E-state index in [-0.39, 0.29) is 12.3 Å². The highest BCUT2D eigenvalue weighted by atomic mass is 32.1. The third kappa shape index (κ3) is 7.43. The molecule has 12 nitrogen and oxygen atoms in total. The molecule has 0 aliphatic carbocycles. The Morgan fingerprint density at radius 3 is 2.47 bits per heavy atom. The van der Waals surface area contributed by atoms with Crippen LogP contribution in [0, 0.1) is 6.92 Å². The Hall–Kier alpha value is -5.24. The lowest BCUT2D eigenvalue weighted by Gasteiger charge is -2.26. The number of hydrogen-bond donors (Lipinski definition) is 3. The van der Waals surface area contributed by atoms with Crippen LogP contribution in [0.2, 0.25) is 0 Å². The van der Waals surface area contributed by atoms with Gasteiger partial charge < -0.3 is 24.6 Å². The van der Waals surface area contributed by atoms with Crippen LogP contribution in [0.5, 0.6) is 5.75 Å². The van der Waals surface area contributed by atoms with Crippen molar-refractivity contribution < 1.29 is 23.6 Å². The summed E-state index contributed by atoms with van der Waals surface area (Å²) >= 11 is 1.63. The van der Waals surface area contributed by atoms with E-state index in [2.05, 4.69) is 42.5 Å². The third-order valence-electron chi connectivity index (χ3n) is 7.76. The van der Waals surface area contributed by atoms with E-state index in [4.69, 9.17) is 19.0 Å². The van der Waals surface area contributed by atoms with Crippen LogP contribution < -0.4 is 20.7 Å². The van der Waals surface area contributed by atoms with Gasteiger partial charge in [-0.2, -0.15) is 0 Å². The fourth-order valence-electron chi connectivity index (χ4n) is 5.35. The van der Waals surface area contributed by atoms with Crippen molar-refractivity contribution in [1.82, 2.24) is 19.4 Å². The van der Waals surface area contributed by atoms with Gasteiger partial charge in [0.2, 0.25) is 5.91 Å². The normalized spacial score (nSPS) is 13.6. The molecule has 1 saturated heterocycles. The zero-order chi connectivity index (χ0) is 32.2. The second-order valence-electron chi connectivity index (χ2n) is 11.2. The minimum Gasteiger partial charge on any atom is -0.492 e. The first kappa shape index (κ1) is 30.4. The number of fused-ring (bicyclic) bond motifs is 3. The number of carbonyl (C=O) groups excluding carboxylic acids is 2. The van der Waals surface area contributed by atoms with Crippen LogP contribution in [0.1, 0.15) is 11.3 Å². The van der Waals surface area contributed by atoms with E-state index in [1.54, 1.807) is 48.6 Å². The molecule has 3 N–H and O–H groups in total. The molecule has 3 aromatic heterocycles. The number of morpholine rings is 1. The molecule has 1 aliphatic rings. The molecule has 0 bridgehead atoms. The number of rotatable bonds is 10. The van der Waals surface area contributed by atoms with Crippen LogP contribution in [0.3, 0.4) is 0 Å². The van der Waals surface area contributed by atoms with Crippen molar-refractivity contribution in [2.24, 2.45) is 0 Å². The number of nitrogens with zero attached hydrogens (tertiary/aromatic N) is 4. The minimum atomic E-state index is -0.439. The van der Waals surface area contributed by atoms with Crippen molar-refractivity contribution in [3.8, 4) is 17.0 Å². The number of anilines is 3. The summed E-state index contributed by atoms with van der Waals surface area (Å²) in [6.45, 7) is 6.76. The molecule has 0 saturated carbocycles. The van der Waals surface area contributed by atoms with Crippen molar-refractivity contribution in [3.05, 3.63) is 90.3 Å². The number of benzene rings is 3. The molecule has 13 heteroatoms. The van der Waals surface area contributed by atoms with Crippen molar-refractivity contribution in [2.45, 2.75) is 13.3 Å². The molecule has 3 amide bonds. The maximum absolute atomic E-state index is 12.7. The first-order valence-corrected chi connectivity index (χ1v) is 16.1. The largest absolute Gasteiger partial charge is 0.492 e. The van der Waals surface area contributed by atoms with Crippen LogP contribution in [0.4, 0.5) is 22.0 Å². The number of ether oxygens (including phenoxy) is 2. The summed E-state index contributed by atoms with van der Waals surface area (Å²) in [6, 6.07) is 22.1. The first-order valence-electron chi connectivity index (χ1n) is 15.3. The Morgan fingerprint density at radius 1 is 0.936 bits per heavy atom. The van der Waals surface area contributed by atoms with Gasteiger partial charge in [0, 0.05) is 48.8 Å². The molecular formula is C34H33N7O5S. The van der Waals surface area contributed by atoms with E-state index in [9.17, 15) is 9.59 Å². The summed E-state index contributed by atoms with van der Waals surface area (Å²) in [6.07, 6.45) is 2.23. The monoisotopic (exact) mass is 651 g/mol. The number of nitrogens with one attached hydrogen (secondary N) is 3. The predicted molar refractivity (Wildman–Crippen MR) is 181 cm³/mol. The second-order valence-corrected chi connectivity index (χ2v) is 12.2. The summed E-state index contributed by atoms with van der Waals surface area (Å²) in [5.74, 6) is 1.65. The maximum Gasteiger partial charge on any atom is 0.324 e. The summed E-state index contributed by atoms with van der Waals surface area (Å²) in [7, 11) is 0. The van der Waals surface area contributed by atoms with Crippen LogP contribution in [0.25, 0.3) is 26.4 Å². The molecule has 6 aromatic rings.